The van der Waals surface area contributed by atoms with E-state index in [1.165, 1.54) is 14.0 Å². The number of fused-ring (bicyclic) bond motifs is 1. The Morgan fingerprint density at radius 1 is 1.45 bits per heavy atom. The van der Waals surface area contributed by atoms with Crippen molar-refractivity contribution < 1.29 is 14.3 Å². The van der Waals surface area contributed by atoms with Gasteiger partial charge in [0.25, 0.3) is 0 Å². The van der Waals surface area contributed by atoms with Crippen molar-refractivity contribution in [2.75, 3.05) is 7.11 Å². The van der Waals surface area contributed by atoms with E-state index in [0.717, 1.165) is 20.9 Å². The highest BCUT2D eigenvalue weighted by Crippen LogP contribution is 2.23. The lowest BCUT2D eigenvalue weighted by molar-refractivity contribution is -0.144. The summed E-state index contributed by atoms with van der Waals surface area (Å²) in [5, 5.41) is 3.62. The van der Waals surface area contributed by atoms with Gasteiger partial charge in [-0.05, 0) is 23.8 Å². The summed E-state index contributed by atoms with van der Waals surface area (Å²) in [5.41, 5.74) is 1.93. The van der Waals surface area contributed by atoms with E-state index in [9.17, 15) is 9.59 Å². The van der Waals surface area contributed by atoms with E-state index >= 15 is 0 Å². The summed E-state index contributed by atoms with van der Waals surface area (Å²) in [4.78, 5) is 26.1. The largest absolute Gasteiger partial charge is 0.467 e. The van der Waals surface area contributed by atoms with Crippen molar-refractivity contribution in [2.45, 2.75) is 19.4 Å². The molecule has 0 saturated heterocycles. The van der Waals surface area contributed by atoms with Crippen LogP contribution in [0.5, 0.6) is 0 Å². The SMILES string of the molecule is COC(=O)[C@@H](Cc1c[nH]c2ccc(Br)cc12)NC(C)=O. The number of halogens is 1. The van der Waals surface area contributed by atoms with Gasteiger partial charge in [-0.15, -0.1) is 0 Å². The van der Waals surface area contributed by atoms with Crippen LogP contribution in [0.1, 0.15) is 12.5 Å². The zero-order valence-corrected chi connectivity index (χ0v) is 12.8. The smallest absolute Gasteiger partial charge is 0.328 e. The number of amides is 1. The normalized spacial score (nSPS) is 12.2. The minimum Gasteiger partial charge on any atom is -0.467 e. The van der Waals surface area contributed by atoms with Gasteiger partial charge in [-0.3, -0.25) is 4.79 Å². The molecule has 20 heavy (non-hydrogen) atoms. The first-order valence-corrected chi connectivity index (χ1v) is 6.91. The summed E-state index contributed by atoms with van der Waals surface area (Å²) in [7, 11) is 1.31. The molecule has 0 unspecified atom stereocenters. The van der Waals surface area contributed by atoms with Crippen molar-refractivity contribution in [1.82, 2.24) is 10.3 Å². The van der Waals surface area contributed by atoms with Crippen LogP contribution < -0.4 is 5.32 Å². The number of aromatic nitrogens is 1. The van der Waals surface area contributed by atoms with Crippen LogP contribution in [0.15, 0.2) is 28.9 Å². The Morgan fingerprint density at radius 3 is 2.85 bits per heavy atom. The third-order valence-electron chi connectivity index (χ3n) is 3.02. The molecule has 0 radical (unpaired) electrons. The fourth-order valence-electron chi connectivity index (χ4n) is 2.12. The van der Waals surface area contributed by atoms with E-state index in [4.69, 9.17) is 4.74 Å². The van der Waals surface area contributed by atoms with Crippen LogP contribution in [-0.2, 0) is 20.7 Å². The molecule has 0 spiro atoms. The summed E-state index contributed by atoms with van der Waals surface area (Å²) in [6.07, 6.45) is 2.22. The quantitative estimate of drug-likeness (QED) is 0.839. The lowest BCUT2D eigenvalue weighted by Crippen LogP contribution is -2.41. The standard InChI is InChI=1S/C14H15BrN2O3/c1-8(18)17-13(14(19)20-2)5-9-7-16-12-4-3-10(15)6-11(9)12/h3-4,6-7,13,16H,5H2,1-2H3,(H,17,18)/t13-/m1/s1. The Hall–Kier alpha value is -1.82. The molecule has 0 aliphatic heterocycles. The van der Waals surface area contributed by atoms with Gasteiger partial charge in [0.1, 0.15) is 6.04 Å². The molecule has 1 aromatic heterocycles. The highest BCUT2D eigenvalue weighted by Gasteiger charge is 2.22. The number of ether oxygens (including phenoxy) is 1. The van der Waals surface area contributed by atoms with Crippen LogP contribution in [0.3, 0.4) is 0 Å². The first-order chi connectivity index (χ1) is 9.51. The molecule has 1 heterocycles. The van der Waals surface area contributed by atoms with Crippen LogP contribution in [0.4, 0.5) is 0 Å². The maximum Gasteiger partial charge on any atom is 0.328 e. The second kappa shape index (κ2) is 6.09. The van der Waals surface area contributed by atoms with Gasteiger partial charge in [0.15, 0.2) is 0 Å². The average molecular weight is 339 g/mol. The Kier molecular flexibility index (Phi) is 4.44. The lowest BCUT2D eigenvalue weighted by Gasteiger charge is -2.14. The zero-order chi connectivity index (χ0) is 14.7. The van der Waals surface area contributed by atoms with Gasteiger partial charge in [-0.2, -0.15) is 0 Å². The van der Waals surface area contributed by atoms with Gasteiger partial charge in [-0.1, -0.05) is 15.9 Å². The summed E-state index contributed by atoms with van der Waals surface area (Å²) in [5.74, 6) is -0.717. The Balaban J connectivity index is 2.30. The zero-order valence-electron chi connectivity index (χ0n) is 11.2. The first-order valence-electron chi connectivity index (χ1n) is 6.11. The molecule has 2 N–H and O–H groups in total. The molecular formula is C14H15BrN2O3. The fraction of sp³-hybridized carbons (Fsp3) is 0.286. The van der Waals surface area contributed by atoms with Gasteiger partial charge in [0.2, 0.25) is 5.91 Å². The maximum atomic E-state index is 11.7. The van der Waals surface area contributed by atoms with Crippen molar-refractivity contribution >= 4 is 38.7 Å². The van der Waals surface area contributed by atoms with Crippen molar-refractivity contribution in [2.24, 2.45) is 0 Å². The third kappa shape index (κ3) is 3.19. The number of hydrogen-bond donors (Lipinski definition) is 2. The van der Waals surface area contributed by atoms with Gasteiger partial charge < -0.3 is 15.0 Å². The number of aromatic amines is 1. The van der Waals surface area contributed by atoms with E-state index in [0.29, 0.717) is 6.42 Å². The van der Waals surface area contributed by atoms with Crippen molar-refractivity contribution in [3.8, 4) is 0 Å². The number of H-pyrrole nitrogens is 1. The van der Waals surface area contributed by atoms with Crippen molar-refractivity contribution in [3.05, 3.63) is 34.4 Å². The Labute approximate surface area is 124 Å². The van der Waals surface area contributed by atoms with Crippen LogP contribution in [0.2, 0.25) is 0 Å². The van der Waals surface area contributed by atoms with E-state index in [1.807, 2.05) is 24.4 Å². The van der Waals surface area contributed by atoms with Crippen LogP contribution in [-0.4, -0.2) is 30.0 Å². The number of hydrogen-bond acceptors (Lipinski definition) is 3. The second-order valence-corrected chi connectivity index (χ2v) is 5.40. The summed E-state index contributed by atoms with van der Waals surface area (Å²) in [6.45, 7) is 1.38. The molecule has 0 saturated carbocycles. The van der Waals surface area contributed by atoms with Crippen molar-refractivity contribution in [1.29, 1.82) is 0 Å². The number of benzene rings is 1. The summed E-state index contributed by atoms with van der Waals surface area (Å²) in [6, 6.07) is 5.18. The highest BCUT2D eigenvalue weighted by molar-refractivity contribution is 9.10. The molecule has 1 atom stereocenters. The van der Waals surface area contributed by atoms with Gasteiger partial charge >= 0.3 is 5.97 Å². The number of methoxy groups -OCH3 is 1. The van der Waals surface area contributed by atoms with Crippen LogP contribution >= 0.6 is 15.9 Å². The number of nitrogens with one attached hydrogen (secondary N) is 2. The Morgan fingerprint density at radius 2 is 2.20 bits per heavy atom. The molecule has 2 aromatic rings. The molecule has 1 aromatic carbocycles. The molecule has 2 rings (SSSR count). The number of rotatable bonds is 4. The topological polar surface area (TPSA) is 71.2 Å². The molecular weight excluding hydrogens is 324 g/mol. The minimum atomic E-state index is -0.685. The highest BCUT2D eigenvalue weighted by atomic mass is 79.9. The average Bonchev–Trinajstić information content (AvgIpc) is 2.79. The molecule has 0 aliphatic rings. The van der Waals surface area contributed by atoms with Gasteiger partial charge in [0.05, 0.1) is 7.11 Å². The molecule has 0 fully saturated rings. The fourth-order valence-corrected chi connectivity index (χ4v) is 2.48. The monoisotopic (exact) mass is 338 g/mol. The predicted octanol–water partition coefficient (Wildman–Crippen LogP) is 2.15. The van der Waals surface area contributed by atoms with Crippen LogP contribution in [0, 0.1) is 0 Å². The van der Waals surface area contributed by atoms with E-state index in [2.05, 4.69) is 26.2 Å². The van der Waals surface area contributed by atoms with Gasteiger partial charge in [0, 0.05) is 34.9 Å². The molecule has 106 valence electrons. The summed E-state index contributed by atoms with van der Waals surface area (Å²) >= 11 is 3.43. The molecule has 6 heteroatoms. The van der Waals surface area contributed by atoms with E-state index in [-0.39, 0.29) is 5.91 Å². The number of esters is 1. The maximum absolute atomic E-state index is 11.7. The van der Waals surface area contributed by atoms with E-state index in [1.54, 1.807) is 0 Å². The van der Waals surface area contributed by atoms with Crippen molar-refractivity contribution in [3.63, 3.8) is 0 Å². The molecule has 5 nitrogen and oxygen atoms in total. The molecule has 1 amide bonds. The Bertz CT molecular complexity index is 651. The predicted molar refractivity (Wildman–Crippen MR) is 79.3 cm³/mol. The first kappa shape index (κ1) is 14.6. The number of carbonyl (C=O) groups excluding carboxylic acids is 2. The lowest BCUT2D eigenvalue weighted by atomic mass is 10.0. The second-order valence-electron chi connectivity index (χ2n) is 4.48. The third-order valence-corrected chi connectivity index (χ3v) is 3.51. The molecule has 0 bridgehead atoms. The number of carbonyl (C=O) groups is 2. The van der Waals surface area contributed by atoms with Crippen LogP contribution in [0.25, 0.3) is 10.9 Å². The molecule has 0 aliphatic carbocycles. The van der Waals surface area contributed by atoms with Gasteiger partial charge in [-0.25, -0.2) is 4.79 Å². The van der Waals surface area contributed by atoms with E-state index < -0.39 is 12.0 Å². The minimum absolute atomic E-state index is 0.263. The summed E-state index contributed by atoms with van der Waals surface area (Å²) < 4.78 is 5.68.